The van der Waals surface area contributed by atoms with E-state index >= 15 is 0 Å². The van der Waals surface area contributed by atoms with Crippen molar-refractivity contribution in [1.29, 1.82) is 0 Å². The van der Waals surface area contributed by atoms with Crippen molar-refractivity contribution in [3.63, 3.8) is 0 Å². The van der Waals surface area contributed by atoms with Gasteiger partial charge < -0.3 is 9.64 Å². The second-order valence-electron chi connectivity index (χ2n) is 5.32. The van der Waals surface area contributed by atoms with Crippen molar-refractivity contribution in [2.75, 3.05) is 27.7 Å². The van der Waals surface area contributed by atoms with Crippen molar-refractivity contribution in [2.24, 2.45) is 0 Å². The molecule has 0 fully saturated rings. The molecule has 0 saturated heterocycles. The summed E-state index contributed by atoms with van der Waals surface area (Å²) >= 11 is 0. The molecule has 1 aliphatic heterocycles. The molecule has 0 atom stereocenters. The normalized spacial score (nSPS) is 13.4. The maximum absolute atomic E-state index is 5.47. The summed E-state index contributed by atoms with van der Waals surface area (Å²) < 4.78 is 5.47. The topological polar surface area (TPSA) is 25.4 Å². The number of fused-ring (bicyclic) bond motifs is 1. The highest BCUT2D eigenvalue weighted by atomic mass is 16.5. The van der Waals surface area contributed by atoms with Gasteiger partial charge in [0.1, 0.15) is 0 Å². The Morgan fingerprint density at radius 2 is 1.75 bits per heavy atom. The lowest BCUT2D eigenvalue weighted by molar-refractivity contribution is 0.111. The van der Waals surface area contributed by atoms with Crippen molar-refractivity contribution in [3.8, 4) is 11.1 Å². The molecule has 1 aromatic carbocycles. The fraction of sp³-hybridized carbons (Fsp3) is 0.353. The maximum Gasteiger partial charge on any atom is 0.0719 e. The van der Waals surface area contributed by atoms with Crippen LogP contribution >= 0.6 is 0 Å². The highest BCUT2D eigenvalue weighted by molar-refractivity contribution is 5.68. The van der Waals surface area contributed by atoms with E-state index in [0.29, 0.717) is 0 Å². The van der Waals surface area contributed by atoms with Gasteiger partial charge in [-0.25, -0.2) is 0 Å². The van der Waals surface area contributed by atoms with E-state index in [1.165, 1.54) is 22.3 Å². The Balaban J connectivity index is 0.000000328. The third-order valence-electron chi connectivity index (χ3n) is 3.02. The van der Waals surface area contributed by atoms with Gasteiger partial charge in [-0.3, -0.25) is 4.98 Å². The van der Waals surface area contributed by atoms with Crippen LogP contribution in [0.1, 0.15) is 11.1 Å². The average Bonchev–Trinajstić information content (AvgIpc) is 2.47. The van der Waals surface area contributed by atoms with Gasteiger partial charge in [0.05, 0.1) is 13.2 Å². The van der Waals surface area contributed by atoms with Gasteiger partial charge in [-0.2, -0.15) is 0 Å². The van der Waals surface area contributed by atoms with Crippen LogP contribution in [-0.2, 0) is 17.8 Å². The monoisotopic (exact) mass is 270 g/mol. The first-order valence-corrected chi connectivity index (χ1v) is 6.88. The first-order valence-electron chi connectivity index (χ1n) is 6.88. The summed E-state index contributed by atoms with van der Waals surface area (Å²) in [7, 11) is 6.00. The number of hydrogen-bond donors (Lipinski definition) is 0. The Morgan fingerprint density at radius 1 is 1.05 bits per heavy atom. The molecule has 0 bridgehead atoms. The van der Waals surface area contributed by atoms with E-state index in [2.05, 4.69) is 35.3 Å². The Bertz CT molecular complexity index is 535. The van der Waals surface area contributed by atoms with Gasteiger partial charge in [0, 0.05) is 12.4 Å². The largest absolute Gasteiger partial charge is 0.376 e. The van der Waals surface area contributed by atoms with Crippen LogP contribution in [0.5, 0.6) is 0 Å². The van der Waals surface area contributed by atoms with Crippen LogP contribution in [0.15, 0.2) is 42.7 Å². The molecule has 1 aromatic heterocycles. The third-order valence-corrected chi connectivity index (χ3v) is 3.02. The molecule has 3 heteroatoms. The van der Waals surface area contributed by atoms with E-state index in [9.17, 15) is 0 Å². The predicted octanol–water partition coefficient (Wildman–Crippen LogP) is 3.00. The molecule has 3 nitrogen and oxygen atoms in total. The summed E-state index contributed by atoms with van der Waals surface area (Å²) in [5.41, 5.74) is 5.32. The number of nitrogens with zero attached hydrogens (tertiary/aromatic N) is 2. The average molecular weight is 270 g/mol. The lowest BCUT2D eigenvalue weighted by Crippen LogP contribution is -2.10. The zero-order chi connectivity index (χ0) is 14.4. The fourth-order valence-corrected chi connectivity index (χ4v) is 2.22. The maximum atomic E-state index is 5.47. The van der Waals surface area contributed by atoms with Crippen molar-refractivity contribution in [3.05, 3.63) is 53.9 Å². The molecule has 0 N–H and O–H groups in total. The minimum atomic E-state index is 0.744. The summed E-state index contributed by atoms with van der Waals surface area (Å²) in [6.07, 6.45) is 4.69. The summed E-state index contributed by atoms with van der Waals surface area (Å²) in [6, 6.07) is 10.6. The van der Waals surface area contributed by atoms with Gasteiger partial charge in [-0.15, -0.1) is 0 Å². The molecule has 0 amide bonds. The molecule has 20 heavy (non-hydrogen) atoms. The first kappa shape index (κ1) is 14.7. The Hall–Kier alpha value is -1.71. The van der Waals surface area contributed by atoms with Gasteiger partial charge in [-0.1, -0.05) is 18.2 Å². The Kier molecular flexibility index (Phi) is 5.27. The molecule has 0 unspecified atom stereocenters. The van der Waals surface area contributed by atoms with E-state index in [1.807, 2.05) is 38.4 Å². The number of benzene rings is 1. The van der Waals surface area contributed by atoms with Gasteiger partial charge in [0.25, 0.3) is 0 Å². The number of pyridine rings is 1. The number of hydrogen-bond acceptors (Lipinski definition) is 3. The van der Waals surface area contributed by atoms with Crippen LogP contribution in [0, 0.1) is 0 Å². The van der Waals surface area contributed by atoms with E-state index < -0.39 is 0 Å². The van der Waals surface area contributed by atoms with Crippen LogP contribution in [0.4, 0.5) is 0 Å². The van der Waals surface area contributed by atoms with Crippen LogP contribution < -0.4 is 0 Å². The highest BCUT2D eigenvalue weighted by Crippen LogP contribution is 2.28. The van der Waals surface area contributed by atoms with Gasteiger partial charge in [-0.05, 0) is 62.0 Å². The van der Waals surface area contributed by atoms with Gasteiger partial charge in [0.2, 0.25) is 0 Å². The fourth-order valence-electron chi connectivity index (χ4n) is 2.22. The minimum absolute atomic E-state index is 0.744. The molecule has 1 aliphatic rings. The quantitative estimate of drug-likeness (QED) is 0.796. The van der Waals surface area contributed by atoms with E-state index in [0.717, 1.165) is 19.6 Å². The molecule has 106 valence electrons. The number of rotatable bonds is 1. The second kappa shape index (κ2) is 7.17. The molecule has 3 rings (SSSR count). The molecule has 0 saturated carbocycles. The lowest BCUT2D eigenvalue weighted by Gasteiger charge is -2.19. The zero-order valence-corrected chi connectivity index (χ0v) is 12.5. The summed E-state index contributed by atoms with van der Waals surface area (Å²) in [5.74, 6) is 0. The molecule has 2 aromatic rings. The summed E-state index contributed by atoms with van der Waals surface area (Å²) in [4.78, 5) is 6.06. The first-order chi connectivity index (χ1) is 9.68. The van der Waals surface area contributed by atoms with Crippen molar-refractivity contribution >= 4 is 0 Å². The standard InChI is InChI=1S/C14H13NO.C3H9N/c1-2-12-10-16-9-6-14(12)13(3-1)11-4-7-15-8-5-11;1-4(2)3/h1-5,7-8H,6,9-10H2;1-3H3. The second-order valence-corrected chi connectivity index (χ2v) is 5.32. The van der Waals surface area contributed by atoms with Gasteiger partial charge >= 0.3 is 0 Å². The molecule has 0 aliphatic carbocycles. The van der Waals surface area contributed by atoms with Crippen molar-refractivity contribution in [1.82, 2.24) is 9.88 Å². The summed E-state index contributed by atoms with van der Waals surface area (Å²) in [5, 5.41) is 0. The number of ether oxygens (including phenoxy) is 1. The van der Waals surface area contributed by atoms with Gasteiger partial charge in [0.15, 0.2) is 0 Å². The SMILES string of the molecule is CN(C)C.c1cc2c(c(-c3ccncc3)c1)CCOC2. The predicted molar refractivity (Wildman–Crippen MR) is 82.6 cm³/mol. The molecule has 2 heterocycles. The van der Waals surface area contributed by atoms with E-state index in [-0.39, 0.29) is 0 Å². The van der Waals surface area contributed by atoms with Crippen LogP contribution in [0.25, 0.3) is 11.1 Å². The van der Waals surface area contributed by atoms with Crippen molar-refractivity contribution in [2.45, 2.75) is 13.0 Å². The smallest absolute Gasteiger partial charge is 0.0719 e. The lowest BCUT2D eigenvalue weighted by atomic mass is 9.93. The van der Waals surface area contributed by atoms with Crippen molar-refractivity contribution < 1.29 is 4.74 Å². The number of aromatic nitrogens is 1. The Morgan fingerprint density at radius 3 is 2.45 bits per heavy atom. The molecule has 0 radical (unpaired) electrons. The van der Waals surface area contributed by atoms with Crippen LogP contribution in [-0.4, -0.2) is 37.6 Å². The molecular weight excluding hydrogens is 248 g/mol. The molecule has 0 spiro atoms. The zero-order valence-electron chi connectivity index (χ0n) is 12.5. The minimum Gasteiger partial charge on any atom is -0.376 e. The Labute approximate surface area is 121 Å². The van der Waals surface area contributed by atoms with Crippen LogP contribution in [0.3, 0.4) is 0 Å². The molecular formula is C17H22N2O. The highest BCUT2D eigenvalue weighted by Gasteiger charge is 2.13. The van der Waals surface area contributed by atoms with Crippen LogP contribution in [0.2, 0.25) is 0 Å². The summed E-state index contributed by atoms with van der Waals surface area (Å²) in [6.45, 7) is 1.57. The van der Waals surface area contributed by atoms with E-state index in [4.69, 9.17) is 4.74 Å². The van der Waals surface area contributed by atoms with E-state index in [1.54, 1.807) is 0 Å². The third kappa shape index (κ3) is 3.89.